The Labute approximate surface area is 76.3 Å². The molecule has 0 fully saturated rings. The molecule has 2 rings (SSSR count). The molecule has 1 aliphatic rings. The molecule has 4 heteroatoms. The van der Waals surface area contributed by atoms with Crippen LogP contribution in [-0.2, 0) is 15.6 Å². The van der Waals surface area contributed by atoms with E-state index in [1.807, 2.05) is 0 Å². The SMILES string of the molecule is O=S1(=O)C=C(O)c2ccccc2C1. The average Bonchev–Trinajstić information content (AvgIpc) is 2.02. The number of hydrogen-bond donors (Lipinski definition) is 1. The van der Waals surface area contributed by atoms with Crippen molar-refractivity contribution in [2.24, 2.45) is 0 Å². The third-order valence-corrected chi connectivity index (χ3v) is 3.24. The first-order chi connectivity index (χ1) is 6.08. The number of benzene rings is 1. The summed E-state index contributed by atoms with van der Waals surface area (Å²) in [6, 6.07) is 6.93. The van der Waals surface area contributed by atoms with E-state index in [1.54, 1.807) is 24.3 Å². The van der Waals surface area contributed by atoms with Gasteiger partial charge in [-0.15, -0.1) is 0 Å². The van der Waals surface area contributed by atoms with Crippen molar-refractivity contribution < 1.29 is 13.5 Å². The van der Waals surface area contributed by atoms with Gasteiger partial charge in [-0.3, -0.25) is 0 Å². The predicted octanol–water partition coefficient (Wildman–Crippen LogP) is 1.47. The molecule has 0 atom stereocenters. The second-order valence-corrected chi connectivity index (χ2v) is 4.82. The lowest BCUT2D eigenvalue weighted by Gasteiger charge is -2.12. The summed E-state index contributed by atoms with van der Waals surface area (Å²) in [7, 11) is -3.26. The maximum absolute atomic E-state index is 11.2. The van der Waals surface area contributed by atoms with E-state index in [9.17, 15) is 13.5 Å². The third-order valence-electron chi connectivity index (χ3n) is 1.94. The Morgan fingerprint density at radius 3 is 2.69 bits per heavy atom. The molecule has 1 aromatic carbocycles. The zero-order valence-electron chi connectivity index (χ0n) is 6.77. The van der Waals surface area contributed by atoms with Crippen molar-refractivity contribution in [3.63, 3.8) is 0 Å². The fourth-order valence-corrected chi connectivity index (χ4v) is 2.62. The van der Waals surface area contributed by atoms with Crippen molar-refractivity contribution in [3.05, 3.63) is 40.8 Å². The first kappa shape index (κ1) is 8.31. The molecule has 0 aromatic heterocycles. The van der Waals surface area contributed by atoms with Crippen molar-refractivity contribution in [1.82, 2.24) is 0 Å². The molecule has 0 bridgehead atoms. The Morgan fingerprint density at radius 2 is 1.92 bits per heavy atom. The predicted molar refractivity (Wildman–Crippen MR) is 49.7 cm³/mol. The van der Waals surface area contributed by atoms with Crippen molar-refractivity contribution in [2.45, 2.75) is 5.75 Å². The minimum Gasteiger partial charge on any atom is -0.507 e. The van der Waals surface area contributed by atoms with Gasteiger partial charge in [0.15, 0.2) is 9.84 Å². The van der Waals surface area contributed by atoms with E-state index in [-0.39, 0.29) is 11.5 Å². The highest BCUT2D eigenvalue weighted by Gasteiger charge is 2.20. The molecule has 1 aromatic rings. The van der Waals surface area contributed by atoms with E-state index in [1.165, 1.54) is 0 Å². The van der Waals surface area contributed by atoms with Gasteiger partial charge < -0.3 is 5.11 Å². The summed E-state index contributed by atoms with van der Waals surface area (Å²) in [5.41, 5.74) is 1.26. The Morgan fingerprint density at radius 1 is 1.23 bits per heavy atom. The van der Waals surface area contributed by atoms with Gasteiger partial charge in [0.2, 0.25) is 0 Å². The van der Waals surface area contributed by atoms with E-state index >= 15 is 0 Å². The van der Waals surface area contributed by atoms with Gasteiger partial charge in [0.1, 0.15) is 5.76 Å². The van der Waals surface area contributed by atoms with Gasteiger partial charge in [-0.2, -0.15) is 0 Å². The normalized spacial score (nSPS) is 18.9. The van der Waals surface area contributed by atoms with Crippen LogP contribution in [0.15, 0.2) is 29.7 Å². The maximum atomic E-state index is 11.2. The number of sulfone groups is 1. The summed E-state index contributed by atoms with van der Waals surface area (Å²) in [5.74, 6) is -0.186. The van der Waals surface area contributed by atoms with Crippen LogP contribution in [0.25, 0.3) is 5.76 Å². The van der Waals surface area contributed by atoms with Crippen LogP contribution in [-0.4, -0.2) is 13.5 Å². The Balaban J connectivity index is 2.68. The van der Waals surface area contributed by atoms with Gasteiger partial charge >= 0.3 is 0 Å². The van der Waals surface area contributed by atoms with Crippen LogP contribution >= 0.6 is 0 Å². The first-order valence-electron chi connectivity index (χ1n) is 3.80. The van der Waals surface area contributed by atoms with Gasteiger partial charge in [0.25, 0.3) is 0 Å². The van der Waals surface area contributed by atoms with E-state index in [0.29, 0.717) is 11.1 Å². The average molecular weight is 196 g/mol. The molecule has 0 spiro atoms. The quantitative estimate of drug-likeness (QED) is 0.683. The Hall–Kier alpha value is -1.29. The van der Waals surface area contributed by atoms with Crippen LogP contribution in [0.4, 0.5) is 0 Å². The standard InChI is InChI=1S/C9H8O3S/c10-9-6-13(11,12)5-7-3-1-2-4-8(7)9/h1-4,6,10H,5H2. The highest BCUT2D eigenvalue weighted by molar-refractivity contribution is 7.93. The first-order valence-corrected chi connectivity index (χ1v) is 5.52. The zero-order valence-corrected chi connectivity index (χ0v) is 7.58. The highest BCUT2D eigenvalue weighted by Crippen LogP contribution is 2.25. The molecule has 1 heterocycles. The van der Waals surface area contributed by atoms with Crippen molar-refractivity contribution >= 4 is 15.6 Å². The van der Waals surface area contributed by atoms with E-state index in [0.717, 1.165) is 5.41 Å². The summed E-state index contributed by atoms with van der Waals surface area (Å²) in [6.45, 7) is 0. The maximum Gasteiger partial charge on any atom is 0.179 e. The second kappa shape index (κ2) is 2.60. The van der Waals surface area contributed by atoms with Crippen LogP contribution in [0.3, 0.4) is 0 Å². The van der Waals surface area contributed by atoms with Crippen LogP contribution in [0.1, 0.15) is 11.1 Å². The van der Waals surface area contributed by atoms with E-state index in [2.05, 4.69) is 0 Å². The molecule has 0 amide bonds. The van der Waals surface area contributed by atoms with Crippen LogP contribution in [0, 0.1) is 0 Å². The fraction of sp³-hybridized carbons (Fsp3) is 0.111. The second-order valence-electron chi connectivity index (χ2n) is 2.97. The molecule has 1 N–H and O–H groups in total. The Kier molecular flexibility index (Phi) is 1.66. The highest BCUT2D eigenvalue weighted by atomic mass is 32.2. The van der Waals surface area contributed by atoms with Crippen molar-refractivity contribution in [3.8, 4) is 0 Å². The fourth-order valence-electron chi connectivity index (χ4n) is 1.39. The number of aliphatic hydroxyl groups excluding tert-OH is 1. The summed E-state index contributed by atoms with van der Waals surface area (Å²) in [4.78, 5) is 0. The summed E-state index contributed by atoms with van der Waals surface area (Å²) in [5, 5.41) is 10.3. The monoisotopic (exact) mass is 196 g/mol. The minimum atomic E-state index is -3.26. The van der Waals surface area contributed by atoms with Crippen LogP contribution < -0.4 is 0 Å². The molecule has 0 unspecified atom stereocenters. The molecule has 0 saturated carbocycles. The van der Waals surface area contributed by atoms with Gasteiger partial charge in [0, 0.05) is 5.56 Å². The van der Waals surface area contributed by atoms with Gasteiger partial charge in [0.05, 0.1) is 11.2 Å². The number of hydrogen-bond acceptors (Lipinski definition) is 3. The molecule has 13 heavy (non-hydrogen) atoms. The van der Waals surface area contributed by atoms with Gasteiger partial charge in [-0.1, -0.05) is 24.3 Å². The molecule has 3 nitrogen and oxygen atoms in total. The number of aliphatic hydroxyl groups is 1. The molecule has 0 aliphatic carbocycles. The smallest absolute Gasteiger partial charge is 0.179 e. The topological polar surface area (TPSA) is 54.4 Å². The number of rotatable bonds is 0. The van der Waals surface area contributed by atoms with E-state index < -0.39 is 9.84 Å². The third kappa shape index (κ3) is 1.45. The minimum absolute atomic E-state index is 0.0206. The summed E-state index contributed by atoms with van der Waals surface area (Å²) in [6.07, 6.45) is 0. The molecular weight excluding hydrogens is 188 g/mol. The van der Waals surface area contributed by atoms with Gasteiger partial charge in [-0.05, 0) is 5.56 Å². The summed E-state index contributed by atoms with van der Waals surface area (Å²) >= 11 is 0. The van der Waals surface area contributed by atoms with Crippen LogP contribution in [0.5, 0.6) is 0 Å². The lowest BCUT2D eigenvalue weighted by molar-refractivity contribution is 0.510. The molecule has 0 saturated heterocycles. The van der Waals surface area contributed by atoms with Gasteiger partial charge in [-0.25, -0.2) is 8.42 Å². The summed E-state index contributed by atoms with van der Waals surface area (Å²) < 4.78 is 22.4. The molecular formula is C9H8O3S. The Bertz CT molecular complexity index is 471. The van der Waals surface area contributed by atoms with Crippen molar-refractivity contribution in [2.75, 3.05) is 0 Å². The largest absolute Gasteiger partial charge is 0.507 e. The van der Waals surface area contributed by atoms with Crippen molar-refractivity contribution in [1.29, 1.82) is 0 Å². The molecule has 0 radical (unpaired) electrons. The van der Waals surface area contributed by atoms with E-state index in [4.69, 9.17) is 0 Å². The zero-order chi connectivity index (χ0) is 9.47. The molecule has 68 valence electrons. The molecule has 1 aliphatic heterocycles. The lowest BCUT2D eigenvalue weighted by atomic mass is 10.1. The number of fused-ring (bicyclic) bond motifs is 1. The van der Waals surface area contributed by atoms with Crippen LogP contribution in [0.2, 0.25) is 0 Å². The lowest BCUT2D eigenvalue weighted by Crippen LogP contribution is -2.09.